The molecule has 0 spiro atoms. The highest BCUT2D eigenvalue weighted by Crippen LogP contribution is 2.36. The van der Waals surface area contributed by atoms with E-state index >= 15 is 0 Å². The summed E-state index contributed by atoms with van der Waals surface area (Å²) in [4.78, 5) is 12.0. The number of fused-ring (bicyclic) bond motifs is 1. The fourth-order valence-corrected chi connectivity index (χ4v) is 6.20. The third kappa shape index (κ3) is 4.85. The highest BCUT2D eigenvalue weighted by atomic mass is 35.5. The summed E-state index contributed by atoms with van der Waals surface area (Å²) in [5.41, 5.74) is 4.10. The summed E-state index contributed by atoms with van der Waals surface area (Å²) in [5, 5.41) is 25.0. The molecule has 1 N–H and O–H groups in total. The summed E-state index contributed by atoms with van der Waals surface area (Å²) < 4.78 is 1.73. The lowest BCUT2D eigenvalue weighted by Gasteiger charge is -2.38. The molecule has 3 heterocycles. The molecule has 2 aromatic heterocycles. The number of hydrogen-bond acceptors (Lipinski definition) is 6. The fraction of sp³-hybridized carbons (Fsp3) is 0.462. The molecule has 0 unspecified atom stereocenters. The van der Waals surface area contributed by atoms with E-state index < -0.39 is 0 Å². The molecule has 0 radical (unpaired) electrons. The van der Waals surface area contributed by atoms with E-state index in [-0.39, 0.29) is 36.8 Å². The Morgan fingerprint density at radius 3 is 2.78 bits per heavy atom. The minimum atomic E-state index is -0.261. The molecule has 5 rings (SSSR count). The Hall–Kier alpha value is -2.21. The molecule has 0 bridgehead atoms. The maximum atomic E-state index is 9.77. The van der Waals surface area contributed by atoms with Crippen molar-refractivity contribution in [2.24, 2.45) is 5.92 Å². The number of nitriles is 1. The van der Waals surface area contributed by atoms with Crippen LogP contribution >= 0.6 is 35.6 Å². The van der Waals surface area contributed by atoms with Crippen LogP contribution in [0.1, 0.15) is 62.5 Å². The minimum Gasteiger partial charge on any atom is -0.395 e. The third-order valence-corrected chi connectivity index (χ3v) is 8.02. The topological polar surface area (TPSA) is 90.9 Å². The largest absolute Gasteiger partial charge is 0.395 e. The van der Waals surface area contributed by atoms with E-state index in [0.29, 0.717) is 33.2 Å². The van der Waals surface area contributed by atoms with Gasteiger partial charge < -0.3 is 5.11 Å². The van der Waals surface area contributed by atoms with Gasteiger partial charge >= 0.3 is 0 Å². The number of benzene rings is 1. The van der Waals surface area contributed by atoms with E-state index in [1.165, 1.54) is 0 Å². The molecule has 1 aromatic carbocycles. The molecule has 1 aliphatic heterocycles. The summed E-state index contributed by atoms with van der Waals surface area (Å²) in [6, 6.07) is 7.95. The second-order valence-corrected chi connectivity index (χ2v) is 10.4. The van der Waals surface area contributed by atoms with Crippen LogP contribution in [0.3, 0.4) is 0 Å². The molecular formula is C26H29Cl3N6O. The molecule has 1 aliphatic carbocycles. The van der Waals surface area contributed by atoms with Gasteiger partial charge in [-0.3, -0.25) is 4.90 Å². The first-order valence-corrected chi connectivity index (χ1v) is 12.8. The number of hydrogen-bond donors (Lipinski definition) is 1. The Labute approximate surface area is 227 Å². The summed E-state index contributed by atoms with van der Waals surface area (Å²) in [6.07, 6.45) is 8.17. The van der Waals surface area contributed by atoms with Crippen molar-refractivity contribution in [1.29, 1.82) is 5.26 Å². The smallest absolute Gasteiger partial charge is 0.190 e. The number of likely N-dealkylation sites (tertiary alicyclic amines) is 1. The van der Waals surface area contributed by atoms with Gasteiger partial charge in [-0.05, 0) is 68.3 Å². The summed E-state index contributed by atoms with van der Waals surface area (Å²) >= 11 is 12.5. The van der Waals surface area contributed by atoms with Crippen molar-refractivity contribution in [2.45, 2.75) is 57.7 Å². The van der Waals surface area contributed by atoms with E-state index in [0.717, 1.165) is 49.1 Å². The number of halogens is 3. The van der Waals surface area contributed by atoms with E-state index in [1.54, 1.807) is 23.0 Å². The maximum Gasteiger partial charge on any atom is 0.190 e. The normalized spacial score (nSPS) is 23.2. The highest BCUT2D eigenvalue weighted by Gasteiger charge is 2.34. The highest BCUT2D eigenvalue weighted by molar-refractivity contribution is 6.35. The monoisotopic (exact) mass is 546 g/mol. The predicted octanol–water partition coefficient (Wildman–Crippen LogP) is 5.67. The van der Waals surface area contributed by atoms with Crippen LogP contribution in [-0.4, -0.2) is 55.0 Å². The van der Waals surface area contributed by atoms with E-state index in [4.69, 9.17) is 28.2 Å². The second-order valence-electron chi connectivity index (χ2n) is 9.55. The van der Waals surface area contributed by atoms with Gasteiger partial charge in [-0.25, -0.2) is 14.6 Å². The number of nitrogens with zero attached hydrogens (tertiary/aromatic N) is 6. The average Bonchev–Trinajstić information content (AvgIpc) is 3.47. The number of rotatable bonds is 5. The van der Waals surface area contributed by atoms with Crippen molar-refractivity contribution in [3.05, 3.63) is 57.5 Å². The van der Waals surface area contributed by atoms with E-state index in [1.807, 2.05) is 13.0 Å². The molecule has 10 heteroatoms. The van der Waals surface area contributed by atoms with Crippen LogP contribution in [0.2, 0.25) is 10.0 Å². The van der Waals surface area contributed by atoms with Crippen molar-refractivity contribution >= 4 is 52.3 Å². The van der Waals surface area contributed by atoms with Crippen molar-refractivity contribution < 1.29 is 5.11 Å². The number of aromatic nitrogens is 4. The Morgan fingerprint density at radius 2 is 2.08 bits per heavy atom. The predicted molar refractivity (Wildman–Crippen MR) is 145 cm³/mol. The van der Waals surface area contributed by atoms with Gasteiger partial charge in [-0.1, -0.05) is 42.3 Å². The molecule has 4 atom stereocenters. The van der Waals surface area contributed by atoms with Crippen molar-refractivity contribution in [3.8, 4) is 6.07 Å². The third-order valence-electron chi connectivity index (χ3n) is 7.46. The molecular weight excluding hydrogens is 519 g/mol. The quantitative estimate of drug-likeness (QED) is 0.442. The van der Waals surface area contributed by atoms with Gasteiger partial charge in [0.05, 0.1) is 24.5 Å². The van der Waals surface area contributed by atoms with Crippen molar-refractivity contribution in [1.82, 2.24) is 24.6 Å². The van der Waals surface area contributed by atoms with E-state index in [2.05, 4.69) is 34.1 Å². The van der Waals surface area contributed by atoms with E-state index in [9.17, 15) is 10.4 Å². The van der Waals surface area contributed by atoms with Crippen LogP contribution in [0.25, 0.3) is 16.7 Å². The zero-order valence-corrected chi connectivity index (χ0v) is 22.6. The van der Waals surface area contributed by atoms with Crippen molar-refractivity contribution in [3.63, 3.8) is 0 Å². The summed E-state index contributed by atoms with van der Waals surface area (Å²) in [7, 11) is 0. The second kappa shape index (κ2) is 11.0. The van der Waals surface area contributed by atoms with Gasteiger partial charge in [0.15, 0.2) is 11.3 Å². The number of aliphatic hydroxyl groups excluding tert-OH is 1. The average molecular weight is 548 g/mol. The number of allylic oxidation sites excluding steroid dienone is 1. The van der Waals surface area contributed by atoms with Crippen LogP contribution in [0.15, 0.2) is 30.5 Å². The molecule has 2 aliphatic rings. The van der Waals surface area contributed by atoms with Crippen LogP contribution in [-0.2, 0) is 0 Å². The molecule has 0 amide bonds. The lowest BCUT2D eigenvalue weighted by Crippen LogP contribution is -2.45. The maximum absolute atomic E-state index is 9.77. The Kier molecular flexibility index (Phi) is 8.23. The summed E-state index contributed by atoms with van der Waals surface area (Å²) in [5.74, 6) is 0.342. The van der Waals surface area contributed by atoms with Crippen LogP contribution in [0, 0.1) is 17.2 Å². The Bertz CT molecular complexity index is 1330. The Balaban J connectivity index is 0.00000304. The van der Waals surface area contributed by atoms with Crippen LogP contribution in [0.4, 0.5) is 0 Å². The molecule has 190 valence electrons. The van der Waals surface area contributed by atoms with Gasteiger partial charge in [0.25, 0.3) is 0 Å². The lowest BCUT2D eigenvalue weighted by molar-refractivity contribution is 0.0950. The zero-order valence-electron chi connectivity index (χ0n) is 20.2. The molecule has 1 fully saturated rings. The van der Waals surface area contributed by atoms with Crippen molar-refractivity contribution in [2.75, 3.05) is 13.2 Å². The molecule has 1 saturated heterocycles. The van der Waals surface area contributed by atoms with Gasteiger partial charge in [-0.2, -0.15) is 10.4 Å². The minimum absolute atomic E-state index is 0. The standard InChI is InChI=1S/C26H28Cl2N6O.ClH/c1-15-10-17(5-8-24(15)33-9-3-4-19(33)14-35)23-13-30-25-22(12-29)32-34(26(25)31-23)16(2)20-7-6-18(27)11-21(20)28;/h6-7,10-11,13,15-16,19,24,35H,3-5,8-9,14H2,1-2H3;1H/t15-,16-,19+,24+;/m1./s1. The summed E-state index contributed by atoms with van der Waals surface area (Å²) in [6.45, 7) is 5.49. The van der Waals surface area contributed by atoms with Crippen LogP contribution in [0.5, 0.6) is 0 Å². The molecule has 36 heavy (non-hydrogen) atoms. The van der Waals surface area contributed by atoms with Crippen LogP contribution < -0.4 is 0 Å². The molecule has 0 saturated carbocycles. The Morgan fingerprint density at radius 1 is 1.28 bits per heavy atom. The van der Waals surface area contributed by atoms with Gasteiger partial charge in [0.2, 0.25) is 0 Å². The molecule has 7 nitrogen and oxygen atoms in total. The zero-order chi connectivity index (χ0) is 24.7. The van der Waals surface area contributed by atoms with Gasteiger partial charge in [0.1, 0.15) is 11.6 Å². The van der Waals surface area contributed by atoms with Gasteiger partial charge in [0, 0.05) is 22.1 Å². The first-order valence-electron chi connectivity index (χ1n) is 12.1. The lowest BCUT2D eigenvalue weighted by atomic mass is 9.84. The SMILES string of the molecule is C[C@@H]1C=C(c2cnc3c(C#N)nn([C@H](C)c4ccc(Cl)cc4Cl)c3n2)CC[C@@H]1N1CCC[C@H]1CO.Cl. The van der Waals surface area contributed by atoms with Gasteiger partial charge in [-0.15, -0.1) is 12.4 Å². The first kappa shape index (κ1) is 26.8. The fourth-order valence-electron chi connectivity index (χ4n) is 5.63. The first-order chi connectivity index (χ1) is 16.9. The molecule has 3 aromatic rings. The number of aliphatic hydroxyl groups is 1.